The first-order chi connectivity index (χ1) is 13.6. The number of halogens is 1. The minimum absolute atomic E-state index is 0.0184. The van der Waals surface area contributed by atoms with E-state index in [2.05, 4.69) is 15.3 Å². The van der Waals surface area contributed by atoms with Crippen LogP contribution in [-0.2, 0) is 6.54 Å². The van der Waals surface area contributed by atoms with E-state index in [9.17, 15) is 14.4 Å². The average molecular weight is 375 g/mol. The van der Waals surface area contributed by atoms with E-state index >= 15 is 0 Å². The number of nitrogen functional groups attached to an aromatic ring is 1. The minimum atomic E-state index is -0.593. The lowest BCUT2D eigenvalue weighted by Gasteiger charge is -2.15. The molecule has 0 spiro atoms. The summed E-state index contributed by atoms with van der Waals surface area (Å²) in [6, 6.07) is 12.1. The van der Waals surface area contributed by atoms with Crippen LogP contribution in [0.1, 0.15) is 11.3 Å². The van der Waals surface area contributed by atoms with Gasteiger partial charge >= 0.3 is 0 Å². The molecule has 0 bridgehead atoms. The number of aromatic nitrogens is 4. The van der Waals surface area contributed by atoms with Gasteiger partial charge < -0.3 is 15.5 Å². The SMILES string of the molecule is N#Cc1cnc(N)nc1NCc1cn2ccc(F)c2c(=O)n1-c1ccccc1. The topological polar surface area (TPSA) is 114 Å². The summed E-state index contributed by atoms with van der Waals surface area (Å²) in [5.41, 5.74) is 6.42. The Balaban J connectivity index is 1.84. The molecule has 8 nitrogen and oxygen atoms in total. The van der Waals surface area contributed by atoms with Crippen LogP contribution in [-0.4, -0.2) is 18.9 Å². The summed E-state index contributed by atoms with van der Waals surface area (Å²) in [7, 11) is 0. The molecule has 1 aromatic carbocycles. The molecule has 4 aromatic rings. The number of anilines is 2. The van der Waals surface area contributed by atoms with Crippen molar-refractivity contribution in [3.63, 3.8) is 0 Å². The second kappa shape index (κ2) is 6.85. The zero-order chi connectivity index (χ0) is 19.7. The van der Waals surface area contributed by atoms with E-state index in [4.69, 9.17) is 5.73 Å². The summed E-state index contributed by atoms with van der Waals surface area (Å²) in [4.78, 5) is 20.8. The monoisotopic (exact) mass is 375 g/mol. The van der Waals surface area contributed by atoms with Crippen LogP contribution in [0.25, 0.3) is 11.2 Å². The average Bonchev–Trinajstić information content (AvgIpc) is 3.08. The second-order valence-electron chi connectivity index (χ2n) is 5.97. The van der Waals surface area contributed by atoms with E-state index in [0.29, 0.717) is 11.4 Å². The highest BCUT2D eigenvalue weighted by Gasteiger charge is 2.15. The third-order valence-electron chi connectivity index (χ3n) is 4.23. The van der Waals surface area contributed by atoms with E-state index in [0.717, 1.165) is 0 Å². The van der Waals surface area contributed by atoms with Gasteiger partial charge in [-0.25, -0.2) is 9.37 Å². The quantitative estimate of drug-likeness (QED) is 0.564. The molecule has 0 unspecified atom stereocenters. The number of nitrogens with two attached hydrogens (primary N) is 1. The molecule has 0 fully saturated rings. The Morgan fingerprint density at radius 2 is 2.04 bits per heavy atom. The molecule has 28 heavy (non-hydrogen) atoms. The maximum Gasteiger partial charge on any atom is 0.282 e. The van der Waals surface area contributed by atoms with Gasteiger partial charge in [0.05, 0.1) is 18.4 Å². The van der Waals surface area contributed by atoms with Crippen LogP contribution in [0.3, 0.4) is 0 Å². The zero-order valence-electron chi connectivity index (χ0n) is 14.5. The van der Waals surface area contributed by atoms with Gasteiger partial charge in [0.25, 0.3) is 5.56 Å². The van der Waals surface area contributed by atoms with E-state index in [1.807, 2.05) is 12.1 Å². The molecular weight excluding hydrogens is 361 g/mol. The molecule has 3 aromatic heterocycles. The number of fused-ring (bicyclic) bond motifs is 1. The summed E-state index contributed by atoms with van der Waals surface area (Å²) in [5, 5.41) is 12.2. The van der Waals surface area contributed by atoms with Crippen molar-refractivity contribution in [3.05, 3.63) is 82.4 Å². The number of hydrogen-bond acceptors (Lipinski definition) is 6. The molecule has 9 heteroatoms. The van der Waals surface area contributed by atoms with Gasteiger partial charge in [0.1, 0.15) is 23.0 Å². The fraction of sp³-hybridized carbons (Fsp3) is 0.0526. The first-order valence-electron chi connectivity index (χ1n) is 8.31. The van der Waals surface area contributed by atoms with Crippen molar-refractivity contribution in [1.29, 1.82) is 5.26 Å². The Labute approximate surface area is 158 Å². The molecule has 0 radical (unpaired) electrons. The number of rotatable bonds is 4. The number of nitrogens with zero attached hydrogens (tertiary/aromatic N) is 5. The van der Waals surface area contributed by atoms with Crippen LogP contribution in [0.15, 0.2) is 59.8 Å². The lowest BCUT2D eigenvalue weighted by Crippen LogP contribution is -2.26. The number of para-hydroxylation sites is 1. The summed E-state index contributed by atoms with van der Waals surface area (Å²) < 4.78 is 17.0. The van der Waals surface area contributed by atoms with Gasteiger partial charge in [0.2, 0.25) is 5.95 Å². The van der Waals surface area contributed by atoms with E-state index in [-0.39, 0.29) is 29.4 Å². The van der Waals surface area contributed by atoms with Crippen molar-refractivity contribution in [2.24, 2.45) is 0 Å². The lowest BCUT2D eigenvalue weighted by atomic mass is 10.2. The highest BCUT2D eigenvalue weighted by Crippen LogP contribution is 2.16. The Bertz CT molecular complexity index is 1270. The third kappa shape index (κ3) is 2.93. The first kappa shape index (κ1) is 17.2. The maximum atomic E-state index is 14.1. The summed E-state index contributed by atoms with van der Waals surface area (Å²) in [5.74, 6) is -0.324. The molecule has 138 valence electrons. The van der Waals surface area contributed by atoms with Crippen LogP contribution < -0.4 is 16.6 Å². The van der Waals surface area contributed by atoms with Crippen molar-refractivity contribution in [1.82, 2.24) is 18.9 Å². The zero-order valence-corrected chi connectivity index (χ0v) is 14.5. The predicted molar refractivity (Wildman–Crippen MR) is 101 cm³/mol. The first-order valence-corrected chi connectivity index (χ1v) is 8.31. The fourth-order valence-electron chi connectivity index (χ4n) is 2.97. The minimum Gasteiger partial charge on any atom is -0.368 e. The van der Waals surface area contributed by atoms with Crippen molar-refractivity contribution in [3.8, 4) is 11.8 Å². The Morgan fingerprint density at radius 3 is 2.79 bits per heavy atom. The normalized spacial score (nSPS) is 10.7. The highest BCUT2D eigenvalue weighted by molar-refractivity contribution is 5.54. The Kier molecular flexibility index (Phi) is 4.21. The molecule has 0 aliphatic rings. The number of benzene rings is 1. The largest absolute Gasteiger partial charge is 0.368 e. The van der Waals surface area contributed by atoms with Crippen LogP contribution in [0.5, 0.6) is 0 Å². The Hall–Kier alpha value is -4.19. The Morgan fingerprint density at radius 1 is 1.25 bits per heavy atom. The predicted octanol–water partition coefficient (Wildman–Crippen LogP) is 2.09. The summed E-state index contributed by atoms with van der Waals surface area (Å²) in [6.45, 7) is 0.144. The molecule has 0 saturated heterocycles. The van der Waals surface area contributed by atoms with Gasteiger partial charge in [-0.15, -0.1) is 0 Å². The smallest absolute Gasteiger partial charge is 0.282 e. The number of nitrogens with one attached hydrogen (secondary N) is 1. The maximum absolute atomic E-state index is 14.1. The van der Waals surface area contributed by atoms with Crippen LogP contribution in [0, 0.1) is 17.1 Å². The summed E-state index contributed by atoms with van der Waals surface area (Å²) in [6.07, 6.45) is 4.45. The van der Waals surface area contributed by atoms with Crippen molar-refractivity contribution < 1.29 is 4.39 Å². The molecule has 0 aliphatic heterocycles. The van der Waals surface area contributed by atoms with Gasteiger partial charge in [-0.05, 0) is 18.2 Å². The molecule has 0 atom stereocenters. The second-order valence-corrected chi connectivity index (χ2v) is 5.97. The fourth-order valence-corrected chi connectivity index (χ4v) is 2.97. The summed E-state index contributed by atoms with van der Waals surface area (Å²) >= 11 is 0. The van der Waals surface area contributed by atoms with E-state index in [1.54, 1.807) is 30.5 Å². The van der Waals surface area contributed by atoms with Crippen molar-refractivity contribution in [2.75, 3.05) is 11.1 Å². The van der Waals surface area contributed by atoms with E-state index < -0.39 is 11.4 Å². The lowest BCUT2D eigenvalue weighted by molar-refractivity contribution is 0.637. The molecular formula is C19H14FN7O. The van der Waals surface area contributed by atoms with Crippen molar-refractivity contribution >= 4 is 17.3 Å². The van der Waals surface area contributed by atoms with Gasteiger partial charge in [0.15, 0.2) is 5.82 Å². The van der Waals surface area contributed by atoms with Crippen LogP contribution in [0.2, 0.25) is 0 Å². The van der Waals surface area contributed by atoms with Gasteiger partial charge in [-0.1, -0.05) is 18.2 Å². The van der Waals surface area contributed by atoms with Gasteiger partial charge in [-0.2, -0.15) is 10.2 Å². The third-order valence-corrected chi connectivity index (χ3v) is 4.23. The van der Waals surface area contributed by atoms with E-state index in [1.165, 1.54) is 27.4 Å². The molecule has 0 saturated carbocycles. The number of hydrogen-bond donors (Lipinski definition) is 2. The standard InChI is InChI=1S/C19H14FN7O/c20-15-6-7-26-11-14(10-23-17-12(8-21)9-24-19(22)25-17)27(18(28)16(15)26)13-4-2-1-3-5-13/h1-7,9,11H,10H2,(H3,22,23,24,25). The molecule has 3 heterocycles. The van der Waals surface area contributed by atoms with Crippen molar-refractivity contribution in [2.45, 2.75) is 6.54 Å². The van der Waals surface area contributed by atoms with Crippen LogP contribution >= 0.6 is 0 Å². The molecule has 0 aliphatic carbocycles. The molecule has 0 amide bonds. The number of nitriles is 1. The highest BCUT2D eigenvalue weighted by atomic mass is 19.1. The van der Waals surface area contributed by atoms with Gasteiger partial charge in [-0.3, -0.25) is 9.36 Å². The van der Waals surface area contributed by atoms with Gasteiger partial charge in [0, 0.05) is 18.1 Å². The molecule has 4 rings (SSSR count). The van der Waals surface area contributed by atoms with Crippen LogP contribution in [0.4, 0.5) is 16.2 Å². The molecule has 3 N–H and O–H groups in total.